The number of nitrogens with zero attached hydrogens (tertiary/aromatic N) is 1. The third-order valence-electron chi connectivity index (χ3n) is 3.43. The highest BCUT2D eigenvalue weighted by atomic mass is 32.2. The first-order valence-electron chi connectivity index (χ1n) is 6.78. The first-order chi connectivity index (χ1) is 9.69. The first kappa shape index (κ1) is 15.1. The topological polar surface area (TPSA) is 55.4 Å². The zero-order valence-electron chi connectivity index (χ0n) is 11.9. The molecule has 0 bridgehead atoms. The summed E-state index contributed by atoms with van der Waals surface area (Å²) in [7, 11) is 1.81. The van der Waals surface area contributed by atoms with E-state index in [2.05, 4.69) is 5.32 Å². The molecule has 1 unspecified atom stereocenters. The minimum atomic E-state index is -1.20. The molecule has 108 valence electrons. The van der Waals surface area contributed by atoms with Crippen LogP contribution in [0.4, 0.5) is 0 Å². The summed E-state index contributed by atoms with van der Waals surface area (Å²) >= 11 is -1.20. The van der Waals surface area contributed by atoms with Gasteiger partial charge in [-0.25, -0.2) is 0 Å². The summed E-state index contributed by atoms with van der Waals surface area (Å²) in [5.41, 5.74) is 2.28. The lowest BCUT2D eigenvalue weighted by Crippen LogP contribution is -2.29. The monoisotopic (exact) mass is 292 g/mol. The van der Waals surface area contributed by atoms with E-state index in [1.54, 1.807) is 12.1 Å². The van der Waals surface area contributed by atoms with E-state index >= 15 is 0 Å². The van der Waals surface area contributed by atoms with Crippen molar-refractivity contribution in [2.75, 3.05) is 20.1 Å². The van der Waals surface area contributed by atoms with Crippen LogP contribution < -0.4 is 5.32 Å². The van der Waals surface area contributed by atoms with Gasteiger partial charge in [0, 0.05) is 31.3 Å². The van der Waals surface area contributed by atoms with E-state index in [0.29, 0.717) is 5.56 Å². The van der Waals surface area contributed by atoms with Crippen LogP contribution in [0.1, 0.15) is 35.7 Å². The highest BCUT2D eigenvalue weighted by Gasteiger charge is 2.29. The summed E-state index contributed by atoms with van der Waals surface area (Å²) in [6.07, 6.45) is 4.82. The molecule has 1 heterocycles. The van der Waals surface area contributed by atoms with Gasteiger partial charge >= 0.3 is 0 Å². The molecule has 1 saturated heterocycles. The molecule has 1 fully saturated rings. The molecule has 1 atom stereocenters. The van der Waals surface area contributed by atoms with Gasteiger partial charge in [-0.3, -0.25) is 4.79 Å². The molecule has 1 aliphatic rings. The van der Waals surface area contributed by atoms with E-state index in [1.165, 1.54) is 0 Å². The number of hydrogen-bond donors (Lipinski definition) is 1. The van der Waals surface area contributed by atoms with Gasteiger partial charge in [-0.05, 0) is 37.6 Å². The van der Waals surface area contributed by atoms with Crippen LogP contribution in [-0.2, 0) is 11.4 Å². The van der Waals surface area contributed by atoms with Gasteiger partial charge in [0.1, 0.15) is 0 Å². The zero-order chi connectivity index (χ0) is 14.5. The number of carbonyl (C=O) groups excluding carboxylic acids is 1. The summed E-state index contributed by atoms with van der Waals surface area (Å²) in [5.74, 6) is 0. The van der Waals surface area contributed by atoms with Crippen LogP contribution in [0.2, 0.25) is 0 Å². The van der Waals surface area contributed by atoms with Gasteiger partial charge < -0.3 is 9.87 Å². The van der Waals surface area contributed by atoms with Gasteiger partial charge in [0.2, 0.25) is 0 Å². The third kappa shape index (κ3) is 3.06. The van der Waals surface area contributed by atoms with E-state index in [4.69, 9.17) is 0 Å². The Hall–Kier alpha value is -1.30. The van der Waals surface area contributed by atoms with Gasteiger partial charge in [-0.2, -0.15) is 0 Å². The van der Waals surface area contributed by atoms with Gasteiger partial charge in [0.15, 0.2) is 11.2 Å². The average Bonchev–Trinajstić information content (AvgIpc) is 3.00. The molecule has 4 nitrogen and oxygen atoms in total. The Kier molecular flexibility index (Phi) is 5.23. The molecular formula is C15H20N2O2S. The maximum absolute atomic E-state index is 12.7. The summed E-state index contributed by atoms with van der Waals surface area (Å²) in [5, 5.41) is 2.96. The summed E-state index contributed by atoms with van der Waals surface area (Å²) < 4.78 is 14.7. The van der Waals surface area contributed by atoms with Crippen LogP contribution in [0, 0.1) is 0 Å². The molecule has 0 amide bonds. The van der Waals surface area contributed by atoms with Crippen LogP contribution >= 0.6 is 0 Å². The highest BCUT2D eigenvalue weighted by Crippen LogP contribution is 2.29. The van der Waals surface area contributed by atoms with Gasteiger partial charge in [0.05, 0.1) is 11.4 Å². The molecule has 1 aromatic rings. The average molecular weight is 292 g/mol. The second-order valence-corrected chi connectivity index (χ2v) is 6.29. The van der Waals surface area contributed by atoms with Crippen molar-refractivity contribution in [2.24, 2.45) is 0 Å². The van der Waals surface area contributed by atoms with E-state index in [0.717, 1.165) is 48.2 Å². The quantitative estimate of drug-likeness (QED) is 0.668. The van der Waals surface area contributed by atoms with Crippen molar-refractivity contribution in [1.82, 2.24) is 9.62 Å². The number of hydrogen-bond acceptors (Lipinski definition) is 4. The predicted molar refractivity (Wildman–Crippen MR) is 81.8 cm³/mol. The second kappa shape index (κ2) is 6.92. The fourth-order valence-corrected chi connectivity index (χ4v) is 4.01. The predicted octanol–water partition coefficient (Wildman–Crippen LogP) is 2.20. The minimum absolute atomic E-state index is 0.582. The standard InChI is InChI=1S/C15H20N2O2S/c1-12(10-16-2)15-13(11-18)6-5-7-14(15)20(19)17-8-3-4-9-17/h5-7,10-11,16H,3-4,8-9H2,1-2H3/b12-10-. The van der Waals surface area contributed by atoms with E-state index < -0.39 is 11.4 Å². The Morgan fingerprint density at radius 1 is 1.40 bits per heavy atom. The number of carbonyl (C=O) groups is 1. The summed E-state index contributed by atoms with van der Waals surface area (Å²) in [6, 6.07) is 5.41. The first-order valence-corrected chi connectivity index (χ1v) is 7.89. The molecular weight excluding hydrogens is 272 g/mol. The van der Waals surface area contributed by atoms with Crippen molar-refractivity contribution in [3.05, 3.63) is 35.5 Å². The van der Waals surface area contributed by atoms with Crippen LogP contribution in [0.3, 0.4) is 0 Å². The molecule has 1 aromatic carbocycles. The lowest BCUT2D eigenvalue weighted by atomic mass is 10.0. The fourth-order valence-electron chi connectivity index (χ4n) is 2.50. The SMILES string of the molecule is CN/C=C(/C)c1c(C=O)cccc1[S+]([O-])N1CCCC1. The lowest BCUT2D eigenvalue weighted by Gasteiger charge is -2.21. The largest absolute Gasteiger partial charge is 0.593 e. The Morgan fingerprint density at radius 3 is 2.70 bits per heavy atom. The van der Waals surface area contributed by atoms with Crippen molar-refractivity contribution < 1.29 is 9.35 Å². The molecule has 20 heavy (non-hydrogen) atoms. The lowest BCUT2D eigenvalue weighted by molar-refractivity contribution is 0.112. The maximum Gasteiger partial charge on any atom is 0.182 e. The van der Waals surface area contributed by atoms with Crippen molar-refractivity contribution in [3.8, 4) is 0 Å². The second-order valence-electron chi connectivity index (χ2n) is 4.84. The highest BCUT2D eigenvalue weighted by molar-refractivity contribution is 7.89. The molecule has 5 heteroatoms. The van der Waals surface area contributed by atoms with E-state index in [1.807, 2.05) is 30.5 Å². The third-order valence-corrected chi connectivity index (χ3v) is 4.98. The van der Waals surface area contributed by atoms with Crippen molar-refractivity contribution in [1.29, 1.82) is 0 Å². The molecule has 0 saturated carbocycles. The van der Waals surface area contributed by atoms with Crippen LogP contribution in [-0.4, -0.2) is 35.3 Å². The molecule has 0 spiro atoms. The van der Waals surface area contributed by atoms with Crippen molar-refractivity contribution in [3.63, 3.8) is 0 Å². The molecule has 0 aromatic heterocycles. The molecule has 0 radical (unpaired) electrons. The number of nitrogens with one attached hydrogen (secondary N) is 1. The Morgan fingerprint density at radius 2 is 2.10 bits per heavy atom. The smallest absolute Gasteiger partial charge is 0.182 e. The van der Waals surface area contributed by atoms with E-state index in [-0.39, 0.29) is 0 Å². The number of aldehydes is 1. The summed E-state index contributed by atoms with van der Waals surface area (Å²) in [4.78, 5) is 12.0. The molecule has 1 N–H and O–H groups in total. The number of benzene rings is 1. The summed E-state index contributed by atoms with van der Waals surface area (Å²) in [6.45, 7) is 3.63. The van der Waals surface area contributed by atoms with Crippen molar-refractivity contribution in [2.45, 2.75) is 24.7 Å². The van der Waals surface area contributed by atoms with Gasteiger partial charge in [-0.15, -0.1) is 4.31 Å². The number of rotatable bonds is 5. The molecule has 1 aliphatic heterocycles. The fraction of sp³-hybridized carbons (Fsp3) is 0.400. The van der Waals surface area contributed by atoms with E-state index in [9.17, 15) is 9.35 Å². The van der Waals surface area contributed by atoms with Crippen LogP contribution in [0.5, 0.6) is 0 Å². The van der Waals surface area contributed by atoms with Crippen LogP contribution in [0.25, 0.3) is 5.57 Å². The Labute approximate surface area is 123 Å². The maximum atomic E-state index is 12.7. The van der Waals surface area contributed by atoms with Gasteiger partial charge in [-0.1, -0.05) is 12.1 Å². The Bertz CT molecular complexity index is 511. The van der Waals surface area contributed by atoms with Gasteiger partial charge in [0.25, 0.3) is 0 Å². The molecule has 2 rings (SSSR count). The number of allylic oxidation sites excluding steroid dienone is 1. The Balaban J connectivity index is 2.45. The van der Waals surface area contributed by atoms with Crippen molar-refractivity contribution >= 4 is 23.2 Å². The molecule has 0 aliphatic carbocycles. The minimum Gasteiger partial charge on any atom is -0.593 e. The zero-order valence-corrected chi connectivity index (χ0v) is 12.7. The normalized spacial score (nSPS) is 18.1. The van der Waals surface area contributed by atoms with Crippen LogP contribution in [0.15, 0.2) is 29.3 Å².